The van der Waals surface area contributed by atoms with Gasteiger partial charge in [0.2, 0.25) is 10.0 Å². The van der Waals surface area contributed by atoms with E-state index in [4.69, 9.17) is 9.47 Å². The molecule has 2 aliphatic heterocycles. The zero-order valence-corrected chi connectivity index (χ0v) is 19.4. The highest BCUT2D eigenvalue weighted by Gasteiger charge is 2.32. The standard InChI is InChI=1S/C23H27N3O6S/c1-16-7-8-20-19(15-16)26(33(2,29)30)10-9-21(32-20)22(27)24-18-6-4-3-5-17(18)23(28)25-11-13-31-14-12-25/h3-8,15,21H,9-14H2,1-2H3,(H,24,27)/t21-/m0/s1. The molecule has 2 heterocycles. The van der Waals surface area contributed by atoms with E-state index in [0.717, 1.165) is 11.8 Å². The number of nitrogens with zero attached hydrogens (tertiary/aromatic N) is 2. The smallest absolute Gasteiger partial charge is 0.265 e. The summed E-state index contributed by atoms with van der Waals surface area (Å²) in [6, 6.07) is 12.0. The van der Waals surface area contributed by atoms with Crippen LogP contribution in [0.3, 0.4) is 0 Å². The summed E-state index contributed by atoms with van der Waals surface area (Å²) < 4.78 is 37.3. The molecule has 0 spiro atoms. The Balaban J connectivity index is 1.56. The van der Waals surface area contributed by atoms with Crippen LogP contribution < -0.4 is 14.4 Å². The summed E-state index contributed by atoms with van der Waals surface area (Å²) in [7, 11) is -3.56. The summed E-state index contributed by atoms with van der Waals surface area (Å²) in [4.78, 5) is 27.8. The predicted molar refractivity (Wildman–Crippen MR) is 124 cm³/mol. The van der Waals surface area contributed by atoms with Crippen LogP contribution in [0.25, 0.3) is 0 Å². The van der Waals surface area contributed by atoms with Gasteiger partial charge in [0.05, 0.1) is 36.4 Å². The van der Waals surface area contributed by atoms with Crippen LogP contribution in [0.5, 0.6) is 5.75 Å². The Labute approximate surface area is 193 Å². The second-order valence-electron chi connectivity index (χ2n) is 8.14. The second kappa shape index (κ2) is 9.40. The molecule has 0 unspecified atom stereocenters. The van der Waals surface area contributed by atoms with Gasteiger partial charge in [-0.3, -0.25) is 13.9 Å². The first-order valence-electron chi connectivity index (χ1n) is 10.8. The first-order chi connectivity index (χ1) is 15.7. The lowest BCUT2D eigenvalue weighted by Gasteiger charge is -2.27. The minimum absolute atomic E-state index is 0.0989. The number of sulfonamides is 1. The molecule has 2 aliphatic rings. The van der Waals surface area contributed by atoms with Crippen LogP contribution in [0.15, 0.2) is 42.5 Å². The van der Waals surface area contributed by atoms with Crippen LogP contribution in [0, 0.1) is 6.92 Å². The average molecular weight is 474 g/mol. The van der Waals surface area contributed by atoms with Crippen molar-refractivity contribution in [2.45, 2.75) is 19.4 Å². The molecular weight excluding hydrogens is 446 g/mol. The van der Waals surface area contributed by atoms with Crippen LogP contribution >= 0.6 is 0 Å². The van der Waals surface area contributed by atoms with Crippen molar-refractivity contribution < 1.29 is 27.5 Å². The number of hydrogen-bond acceptors (Lipinski definition) is 6. The van der Waals surface area contributed by atoms with Gasteiger partial charge in [-0.25, -0.2) is 8.42 Å². The Hall–Kier alpha value is -3.11. The molecule has 2 aromatic rings. The van der Waals surface area contributed by atoms with E-state index in [1.807, 2.05) is 6.92 Å². The molecule has 176 valence electrons. The molecule has 1 fully saturated rings. The van der Waals surface area contributed by atoms with E-state index in [0.29, 0.717) is 49.0 Å². The molecule has 4 rings (SSSR count). The molecule has 9 nitrogen and oxygen atoms in total. The van der Waals surface area contributed by atoms with Crippen LogP contribution in [0.1, 0.15) is 22.3 Å². The van der Waals surface area contributed by atoms with Gasteiger partial charge >= 0.3 is 0 Å². The number of para-hydroxylation sites is 1. The van der Waals surface area contributed by atoms with E-state index in [1.165, 1.54) is 4.31 Å². The zero-order chi connectivity index (χ0) is 23.6. The molecule has 1 N–H and O–H groups in total. The number of amides is 2. The van der Waals surface area contributed by atoms with Gasteiger partial charge in [-0.1, -0.05) is 18.2 Å². The lowest BCUT2D eigenvalue weighted by atomic mass is 10.1. The Kier molecular flexibility index (Phi) is 6.57. The van der Waals surface area contributed by atoms with Gasteiger partial charge in [0.25, 0.3) is 11.8 Å². The van der Waals surface area contributed by atoms with Gasteiger partial charge in [0.15, 0.2) is 6.10 Å². The number of aryl methyl sites for hydroxylation is 1. The summed E-state index contributed by atoms with van der Waals surface area (Å²) in [6.45, 7) is 3.90. The topological polar surface area (TPSA) is 105 Å². The summed E-state index contributed by atoms with van der Waals surface area (Å²) >= 11 is 0. The van der Waals surface area contributed by atoms with E-state index >= 15 is 0 Å². The van der Waals surface area contributed by atoms with Gasteiger partial charge in [0, 0.05) is 26.1 Å². The summed E-state index contributed by atoms with van der Waals surface area (Å²) in [5, 5.41) is 2.81. The Morgan fingerprint density at radius 2 is 1.79 bits per heavy atom. The molecule has 0 bridgehead atoms. The molecule has 0 aliphatic carbocycles. The van der Waals surface area contributed by atoms with Crippen molar-refractivity contribution in [2.24, 2.45) is 0 Å². The minimum atomic E-state index is -3.56. The van der Waals surface area contributed by atoms with Crippen molar-refractivity contribution in [3.8, 4) is 5.75 Å². The Morgan fingerprint density at radius 1 is 1.06 bits per heavy atom. The minimum Gasteiger partial charge on any atom is -0.478 e. The van der Waals surface area contributed by atoms with E-state index in [2.05, 4.69) is 5.32 Å². The highest BCUT2D eigenvalue weighted by molar-refractivity contribution is 7.92. The Morgan fingerprint density at radius 3 is 2.52 bits per heavy atom. The molecule has 1 atom stereocenters. The van der Waals surface area contributed by atoms with Gasteiger partial charge in [-0.05, 0) is 36.8 Å². The molecule has 0 radical (unpaired) electrons. The van der Waals surface area contributed by atoms with Crippen molar-refractivity contribution in [1.82, 2.24) is 4.90 Å². The van der Waals surface area contributed by atoms with Gasteiger partial charge in [-0.15, -0.1) is 0 Å². The number of rotatable bonds is 4. The largest absolute Gasteiger partial charge is 0.478 e. The van der Waals surface area contributed by atoms with Gasteiger partial charge in [0.1, 0.15) is 5.75 Å². The van der Waals surface area contributed by atoms with E-state index in [9.17, 15) is 18.0 Å². The van der Waals surface area contributed by atoms with Crippen molar-refractivity contribution in [3.63, 3.8) is 0 Å². The number of anilines is 2. The molecule has 1 saturated heterocycles. The second-order valence-corrected chi connectivity index (χ2v) is 10.0. The third-order valence-corrected chi connectivity index (χ3v) is 6.83. The third-order valence-electron chi connectivity index (χ3n) is 5.65. The number of morpholine rings is 1. The Bertz CT molecular complexity index is 1160. The number of fused-ring (bicyclic) bond motifs is 1. The molecular formula is C23H27N3O6S. The maximum absolute atomic E-state index is 13.2. The van der Waals surface area contributed by atoms with Gasteiger partial charge in [-0.2, -0.15) is 0 Å². The van der Waals surface area contributed by atoms with Crippen molar-refractivity contribution in [2.75, 3.05) is 48.7 Å². The number of carbonyl (C=O) groups excluding carboxylic acids is 2. The van der Waals surface area contributed by atoms with Crippen LogP contribution in [-0.4, -0.2) is 70.3 Å². The lowest BCUT2D eigenvalue weighted by molar-refractivity contribution is -0.122. The number of benzene rings is 2. The van der Waals surface area contributed by atoms with Crippen molar-refractivity contribution in [3.05, 3.63) is 53.6 Å². The first kappa shape index (κ1) is 23.1. The fraction of sp³-hybridized carbons (Fsp3) is 0.391. The average Bonchev–Trinajstić information content (AvgIpc) is 2.99. The first-order valence-corrected chi connectivity index (χ1v) is 12.6. The quantitative estimate of drug-likeness (QED) is 0.729. The normalized spacial score (nSPS) is 18.7. The number of ether oxygens (including phenoxy) is 2. The zero-order valence-electron chi connectivity index (χ0n) is 18.6. The molecule has 2 amide bonds. The molecule has 0 saturated carbocycles. The van der Waals surface area contributed by atoms with E-state index < -0.39 is 22.0 Å². The number of nitrogens with one attached hydrogen (secondary N) is 1. The van der Waals surface area contributed by atoms with Crippen molar-refractivity contribution in [1.29, 1.82) is 0 Å². The predicted octanol–water partition coefficient (Wildman–Crippen LogP) is 2.02. The van der Waals surface area contributed by atoms with Crippen molar-refractivity contribution >= 4 is 33.2 Å². The van der Waals surface area contributed by atoms with Gasteiger partial charge < -0.3 is 19.7 Å². The van der Waals surface area contributed by atoms with Crippen LogP contribution in [-0.2, 0) is 19.6 Å². The molecule has 2 aromatic carbocycles. The maximum Gasteiger partial charge on any atom is 0.265 e. The fourth-order valence-electron chi connectivity index (χ4n) is 3.95. The van der Waals surface area contributed by atoms with Crippen LogP contribution in [0.4, 0.5) is 11.4 Å². The van der Waals surface area contributed by atoms with E-state index in [1.54, 1.807) is 47.4 Å². The number of carbonyl (C=O) groups is 2. The summed E-state index contributed by atoms with van der Waals surface area (Å²) in [5.41, 5.74) is 2.06. The van der Waals surface area contributed by atoms with E-state index in [-0.39, 0.29) is 18.9 Å². The monoisotopic (exact) mass is 473 g/mol. The van der Waals surface area contributed by atoms with Crippen LogP contribution in [0.2, 0.25) is 0 Å². The molecule has 0 aromatic heterocycles. The lowest BCUT2D eigenvalue weighted by Crippen LogP contribution is -2.41. The summed E-state index contributed by atoms with van der Waals surface area (Å²) in [5.74, 6) is -0.305. The molecule has 10 heteroatoms. The highest BCUT2D eigenvalue weighted by Crippen LogP contribution is 2.35. The maximum atomic E-state index is 13.2. The fourth-order valence-corrected chi connectivity index (χ4v) is 4.88. The molecule has 33 heavy (non-hydrogen) atoms. The number of hydrogen-bond donors (Lipinski definition) is 1. The summed E-state index contributed by atoms with van der Waals surface area (Å²) in [6.07, 6.45) is 0.365. The SMILES string of the molecule is Cc1ccc2c(c1)N(S(C)(=O)=O)CC[C@@H](C(=O)Nc1ccccc1C(=O)N1CCOCC1)O2. The third kappa shape index (κ3) is 5.12. The highest BCUT2D eigenvalue weighted by atomic mass is 32.2.